The van der Waals surface area contributed by atoms with Crippen LogP contribution in [0.15, 0.2) is 42.6 Å². The number of nitrogens with one attached hydrogen (secondary N) is 2. The number of hydrogen-bond acceptors (Lipinski definition) is 6. The van der Waals surface area contributed by atoms with Crippen molar-refractivity contribution in [2.24, 2.45) is 0 Å². The number of aromatic amines is 1. The van der Waals surface area contributed by atoms with Crippen LogP contribution in [-0.4, -0.2) is 32.9 Å². The monoisotopic (exact) mass is 323 g/mol. The molecule has 1 aromatic carbocycles. The van der Waals surface area contributed by atoms with Gasteiger partial charge in [-0.15, -0.1) is 10.2 Å². The molecule has 2 N–H and O–H groups in total. The molecule has 8 nitrogen and oxygen atoms in total. The number of carbonyl (C=O) groups excluding carboxylic acids is 1. The zero-order valence-electron chi connectivity index (χ0n) is 12.5. The summed E-state index contributed by atoms with van der Waals surface area (Å²) in [6.45, 7) is 0.208. The second kappa shape index (κ2) is 5.99. The van der Waals surface area contributed by atoms with Gasteiger partial charge >= 0.3 is 0 Å². The molecule has 3 aromatic rings. The highest BCUT2D eigenvalue weighted by molar-refractivity contribution is 5.90. The van der Waals surface area contributed by atoms with Crippen molar-refractivity contribution in [1.82, 2.24) is 20.2 Å². The third-order valence-corrected chi connectivity index (χ3v) is 3.45. The van der Waals surface area contributed by atoms with Crippen molar-refractivity contribution in [3.63, 3.8) is 0 Å². The van der Waals surface area contributed by atoms with Crippen molar-refractivity contribution in [2.75, 3.05) is 12.1 Å². The maximum atomic E-state index is 12.1. The van der Waals surface area contributed by atoms with Crippen LogP contribution in [0.3, 0.4) is 0 Å². The third-order valence-electron chi connectivity index (χ3n) is 3.45. The first-order valence-electron chi connectivity index (χ1n) is 7.30. The molecule has 0 spiro atoms. The summed E-state index contributed by atoms with van der Waals surface area (Å²) in [6.07, 6.45) is 1.85. The molecule has 0 saturated heterocycles. The molecule has 1 amide bonds. The molecule has 0 atom stereocenters. The summed E-state index contributed by atoms with van der Waals surface area (Å²) in [7, 11) is 0. The zero-order chi connectivity index (χ0) is 16.4. The molecule has 0 fully saturated rings. The van der Waals surface area contributed by atoms with Crippen LogP contribution < -0.4 is 14.8 Å². The minimum absolute atomic E-state index is 0.191. The van der Waals surface area contributed by atoms with Gasteiger partial charge in [0.2, 0.25) is 18.6 Å². The number of aromatic nitrogens is 4. The van der Waals surface area contributed by atoms with Gasteiger partial charge in [0.25, 0.3) is 0 Å². The Labute approximate surface area is 136 Å². The van der Waals surface area contributed by atoms with E-state index in [4.69, 9.17) is 9.47 Å². The molecule has 1 aliphatic rings. The molecule has 8 heteroatoms. The Hall–Kier alpha value is -3.42. The number of anilines is 1. The molecule has 0 radical (unpaired) electrons. The first kappa shape index (κ1) is 14.2. The maximum Gasteiger partial charge on any atom is 0.231 e. The molecule has 0 bridgehead atoms. The predicted octanol–water partition coefficient (Wildman–Crippen LogP) is 1.78. The van der Waals surface area contributed by atoms with Gasteiger partial charge in [0.1, 0.15) is 5.69 Å². The highest BCUT2D eigenvalue weighted by atomic mass is 16.7. The van der Waals surface area contributed by atoms with E-state index < -0.39 is 0 Å². The molecule has 2 aromatic heterocycles. The molecule has 0 aliphatic carbocycles. The third kappa shape index (κ3) is 2.89. The molecule has 1 aliphatic heterocycles. The minimum Gasteiger partial charge on any atom is -0.454 e. The van der Waals surface area contributed by atoms with Crippen molar-refractivity contribution < 1.29 is 14.3 Å². The summed E-state index contributed by atoms with van der Waals surface area (Å²) < 4.78 is 10.5. The molecule has 4 rings (SSSR count). The number of H-pyrrole nitrogens is 1. The van der Waals surface area contributed by atoms with Gasteiger partial charge in [-0.05, 0) is 29.8 Å². The fourth-order valence-corrected chi connectivity index (χ4v) is 2.35. The lowest BCUT2D eigenvalue weighted by Crippen LogP contribution is -2.15. The van der Waals surface area contributed by atoms with Crippen LogP contribution in [0, 0.1) is 0 Å². The normalized spacial score (nSPS) is 12.2. The molecule has 3 heterocycles. The summed E-state index contributed by atoms with van der Waals surface area (Å²) >= 11 is 0. The predicted molar refractivity (Wildman–Crippen MR) is 84.5 cm³/mol. The summed E-state index contributed by atoms with van der Waals surface area (Å²) in [5.74, 6) is 1.90. The molecule has 0 unspecified atom stereocenters. The van der Waals surface area contributed by atoms with Gasteiger partial charge in [-0.2, -0.15) is 0 Å². The number of rotatable bonds is 4. The quantitative estimate of drug-likeness (QED) is 0.759. The van der Waals surface area contributed by atoms with E-state index in [0.29, 0.717) is 23.0 Å². The Balaban J connectivity index is 1.42. The maximum absolute atomic E-state index is 12.1. The highest BCUT2D eigenvalue weighted by Gasteiger charge is 2.15. The van der Waals surface area contributed by atoms with Crippen LogP contribution in [0.4, 0.5) is 5.95 Å². The van der Waals surface area contributed by atoms with Crippen molar-refractivity contribution >= 4 is 11.9 Å². The van der Waals surface area contributed by atoms with E-state index >= 15 is 0 Å². The van der Waals surface area contributed by atoms with E-state index in [-0.39, 0.29) is 25.1 Å². The number of amides is 1. The van der Waals surface area contributed by atoms with Gasteiger partial charge in [0.15, 0.2) is 17.3 Å². The van der Waals surface area contributed by atoms with E-state index in [2.05, 4.69) is 25.5 Å². The Morgan fingerprint density at radius 3 is 2.96 bits per heavy atom. The Bertz CT molecular complexity index is 878. The van der Waals surface area contributed by atoms with Crippen LogP contribution >= 0.6 is 0 Å². The number of hydrogen-bond donors (Lipinski definition) is 2. The zero-order valence-corrected chi connectivity index (χ0v) is 12.5. The fourth-order valence-electron chi connectivity index (χ4n) is 2.35. The van der Waals surface area contributed by atoms with Gasteiger partial charge in [0, 0.05) is 6.20 Å². The lowest BCUT2D eigenvalue weighted by molar-refractivity contribution is -0.115. The number of ether oxygens (including phenoxy) is 2. The summed E-state index contributed by atoms with van der Waals surface area (Å²) in [5.41, 5.74) is 1.47. The van der Waals surface area contributed by atoms with Gasteiger partial charge < -0.3 is 14.5 Å². The van der Waals surface area contributed by atoms with E-state index in [1.165, 1.54) is 0 Å². The Kier molecular flexibility index (Phi) is 3.54. The van der Waals surface area contributed by atoms with E-state index in [9.17, 15) is 4.79 Å². The Morgan fingerprint density at radius 1 is 1.17 bits per heavy atom. The number of benzene rings is 1. The minimum atomic E-state index is -0.211. The first-order valence-corrected chi connectivity index (χ1v) is 7.30. The number of pyridine rings is 1. The molecule has 120 valence electrons. The topological polar surface area (TPSA) is 102 Å². The van der Waals surface area contributed by atoms with Gasteiger partial charge in [-0.3, -0.25) is 15.1 Å². The van der Waals surface area contributed by atoms with Gasteiger partial charge in [-0.1, -0.05) is 12.1 Å². The number of fused-ring (bicyclic) bond motifs is 1. The number of nitrogens with zero attached hydrogens (tertiary/aromatic N) is 3. The summed E-state index contributed by atoms with van der Waals surface area (Å²) in [5, 5.41) is 10.6. The average Bonchev–Trinajstić information content (AvgIpc) is 3.24. The molecular weight excluding hydrogens is 310 g/mol. The largest absolute Gasteiger partial charge is 0.454 e. The van der Waals surface area contributed by atoms with Crippen LogP contribution in [0.1, 0.15) is 5.56 Å². The standard InChI is InChI=1S/C16H13N5O3/c22-14(8-10-4-5-12-13(7-10)24-9-23-12)18-16-19-15(20-21-16)11-3-1-2-6-17-11/h1-7H,8-9H2,(H2,18,19,20,21,22). The molecule has 24 heavy (non-hydrogen) atoms. The van der Waals surface area contributed by atoms with Crippen LogP contribution in [0.25, 0.3) is 11.5 Å². The Morgan fingerprint density at radius 2 is 2.08 bits per heavy atom. The average molecular weight is 323 g/mol. The van der Waals surface area contributed by atoms with E-state index in [1.807, 2.05) is 18.2 Å². The second-order valence-electron chi connectivity index (χ2n) is 5.15. The molecule has 0 saturated carbocycles. The first-order chi connectivity index (χ1) is 11.8. The van der Waals surface area contributed by atoms with Gasteiger partial charge in [-0.25, -0.2) is 0 Å². The van der Waals surface area contributed by atoms with E-state index in [0.717, 1.165) is 5.56 Å². The lowest BCUT2D eigenvalue weighted by atomic mass is 10.1. The SMILES string of the molecule is O=C(Cc1ccc2c(c1)OCO2)Nc1nnc(-c2ccccn2)[nH]1. The van der Waals surface area contributed by atoms with Gasteiger partial charge in [0.05, 0.1) is 6.42 Å². The summed E-state index contributed by atoms with van der Waals surface area (Å²) in [6, 6.07) is 10.9. The number of carbonyl (C=O) groups is 1. The van der Waals surface area contributed by atoms with Crippen LogP contribution in [0.5, 0.6) is 11.5 Å². The van der Waals surface area contributed by atoms with Crippen LogP contribution in [-0.2, 0) is 11.2 Å². The fraction of sp³-hybridized carbons (Fsp3) is 0.125. The molecular formula is C16H13N5O3. The second-order valence-corrected chi connectivity index (χ2v) is 5.15. The van der Waals surface area contributed by atoms with Crippen molar-refractivity contribution in [3.8, 4) is 23.0 Å². The van der Waals surface area contributed by atoms with Crippen molar-refractivity contribution in [1.29, 1.82) is 0 Å². The van der Waals surface area contributed by atoms with Crippen molar-refractivity contribution in [3.05, 3.63) is 48.2 Å². The van der Waals surface area contributed by atoms with E-state index in [1.54, 1.807) is 24.4 Å². The van der Waals surface area contributed by atoms with Crippen molar-refractivity contribution in [2.45, 2.75) is 6.42 Å². The lowest BCUT2D eigenvalue weighted by Gasteiger charge is -2.03. The summed E-state index contributed by atoms with van der Waals surface area (Å²) in [4.78, 5) is 19.2. The smallest absolute Gasteiger partial charge is 0.231 e. The highest BCUT2D eigenvalue weighted by Crippen LogP contribution is 2.32. The van der Waals surface area contributed by atoms with Crippen LogP contribution in [0.2, 0.25) is 0 Å².